The minimum absolute atomic E-state index is 0.171. The SMILES string of the molecule is CCOc1ccc2nc(NC(=O)c3cc(-c4ccc5c(c4)C[C@H](C)O5)on3)sc2c1. The summed E-state index contributed by atoms with van der Waals surface area (Å²) in [5.41, 5.74) is 2.99. The number of amides is 1. The van der Waals surface area contributed by atoms with Crippen LogP contribution in [0.4, 0.5) is 5.13 Å². The lowest BCUT2D eigenvalue weighted by molar-refractivity contribution is 0.101. The van der Waals surface area contributed by atoms with Gasteiger partial charge in [-0.1, -0.05) is 16.5 Å². The van der Waals surface area contributed by atoms with E-state index in [1.807, 2.05) is 50.2 Å². The molecule has 0 fully saturated rings. The number of hydrogen-bond acceptors (Lipinski definition) is 7. The second-order valence-corrected chi connectivity index (χ2v) is 8.10. The number of carbonyl (C=O) groups is 1. The van der Waals surface area contributed by atoms with Gasteiger partial charge in [-0.2, -0.15) is 0 Å². The van der Waals surface area contributed by atoms with Gasteiger partial charge >= 0.3 is 0 Å². The number of rotatable bonds is 5. The summed E-state index contributed by atoms with van der Waals surface area (Å²) >= 11 is 1.38. The van der Waals surface area contributed by atoms with Crippen molar-refractivity contribution in [1.29, 1.82) is 0 Å². The number of ether oxygens (including phenoxy) is 2. The van der Waals surface area contributed by atoms with Crippen molar-refractivity contribution >= 4 is 32.6 Å². The molecule has 1 aliphatic rings. The first kappa shape index (κ1) is 18.6. The number of anilines is 1. The van der Waals surface area contributed by atoms with Crippen LogP contribution in [0, 0.1) is 0 Å². The predicted octanol–water partition coefficient (Wildman–Crippen LogP) is 4.93. The van der Waals surface area contributed by atoms with Crippen LogP contribution < -0.4 is 14.8 Å². The Labute approximate surface area is 176 Å². The highest BCUT2D eigenvalue weighted by Crippen LogP contribution is 2.33. The van der Waals surface area contributed by atoms with Crippen LogP contribution in [0.5, 0.6) is 11.5 Å². The number of benzene rings is 2. The highest BCUT2D eigenvalue weighted by Gasteiger charge is 2.21. The van der Waals surface area contributed by atoms with E-state index in [0.29, 0.717) is 17.5 Å². The smallest absolute Gasteiger partial charge is 0.279 e. The van der Waals surface area contributed by atoms with Crippen LogP contribution in [-0.4, -0.2) is 28.8 Å². The van der Waals surface area contributed by atoms with E-state index in [2.05, 4.69) is 15.5 Å². The highest BCUT2D eigenvalue weighted by molar-refractivity contribution is 7.22. The average molecular weight is 421 g/mol. The second-order valence-electron chi connectivity index (χ2n) is 7.07. The van der Waals surface area contributed by atoms with E-state index < -0.39 is 0 Å². The molecule has 3 heterocycles. The number of fused-ring (bicyclic) bond motifs is 2. The highest BCUT2D eigenvalue weighted by atomic mass is 32.1. The Morgan fingerprint density at radius 3 is 3.03 bits per heavy atom. The van der Waals surface area contributed by atoms with E-state index in [-0.39, 0.29) is 17.7 Å². The van der Waals surface area contributed by atoms with Crippen LogP contribution in [0.1, 0.15) is 29.9 Å². The fourth-order valence-corrected chi connectivity index (χ4v) is 4.36. The summed E-state index contributed by atoms with van der Waals surface area (Å²) in [6.45, 7) is 4.57. The molecule has 2 aromatic carbocycles. The van der Waals surface area contributed by atoms with Crippen LogP contribution in [0.25, 0.3) is 21.5 Å². The summed E-state index contributed by atoms with van der Waals surface area (Å²) in [7, 11) is 0. The summed E-state index contributed by atoms with van der Waals surface area (Å²) in [6, 6.07) is 13.1. The lowest BCUT2D eigenvalue weighted by Gasteiger charge is -2.02. The first-order valence-corrected chi connectivity index (χ1v) is 10.5. The third-order valence-corrected chi connectivity index (χ3v) is 5.75. The third-order valence-electron chi connectivity index (χ3n) is 4.81. The molecule has 2 aromatic heterocycles. The molecular weight excluding hydrogens is 402 g/mol. The zero-order valence-corrected chi connectivity index (χ0v) is 17.3. The summed E-state index contributed by atoms with van der Waals surface area (Å²) in [4.78, 5) is 17.1. The number of thiazole rings is 1. The van der Waals surface area contributed by atoms with Crippen molar-refractivity contribution in [3.63, 3.8) is 0 Å². The molecule has 0 unspecified atom stereocenters. The Morgan fingerprint density at radius 1 is 1.27 bits per heavy atom. The number of aromatic nitrogens is 2. The van der Waals surface area contributed by atoms with E-state index in [1.165, 1.54) is 11.3 Å². The molecule has 0 saturated heterocycles. The van der Waals surface area contributed by atoms with E-state index in [9.17, 15) is 4.79 Å². The Morgan fingerprint density at radius 2 is 2.17 bits per heavy atom. The van der Waals surface area contributed by atoms with Crippen molar-refractivity contribution in [2.24, 2.45) is 0 Å². The van der Waals surface area contributed by atoms with E-state index >= 15 is 0 Å². The fraction of sp³-hybridized carbons (Fsp3) is 0.227. The maximum Gasteiger partial charge on any atom is 0.279 e. The maximum absolute atomic E-state index is 12.6. The van der Waals surface area contributed by atoms with Gasteiger partial charge in [0.25, 0.3) is 5.91 Å². The molecule has 5 rings (SSSR count). The summed E-state index contributed by atoms with van der Waals surface area (Å²) < 4.78 is 17.6. The molecule has 0 aliphatic carbocycles. The van der Waals surface area contributed by atoms with Crippen molar-refractivity contribution in [3.05, 3.63) is 53.7 Å². The van der Waals surface area contributed by atoms with Crippen molar-refractivity contribution < 1.29 is 18.8 Å². The summed E-state index contributed by atoms with van der Waals surface area (Å²) in [5.74, 6) is 1.84. The molecule has 1 N–H and O–H groups in total. The Kier molecular flexibility index (Phi) is 4.63. The van der Waals surface area contributed by atoms with Gasteiger partial charge in [-0.05, 0) is 55.8 Å². The first-order chi connectivity index (χ1) is 14.6. The van der Waals surface area contributed by atoms with Crippen LogP contribution in [0.15, 0.2) is 47.0 Å². The van der Waals surface area contributed by atoms with Crippen LogP contribution in [-0.2, 0) is 6.42 Å². The van der Waals surface area contributed by atoms with Gasteiger partial charge < -0.3 is 14.0 Å². The van der Waals surface area contributed by atoms with Gasteiger partial charge in [0, 0.05) is 18.1 Å². The zero-order chi connectivity index (χ0) is 20.7. The van der Waals surface area contributed by atoms with Crippen LogP contribution in [0.3, 0.4) is 0 Å². The molecule has 152 valence electrons. The molecule has 1 aliphatic heterocycles. The molecular formula is C22H19N3O4S. The molecule has 0 saturated carbocycles. The molecule has 1 amide bonds. The van der Waals surface area contributed by atoms with E-state index in [1.54, 1.807) is 6.07 Å². The van der Waals surface area contributed by atoms with E-state index in [4.69, 9.17) is 14.0 Å². The van der Waals surface area contributed by atoms with Crippen molar-refractivity contribution in [1.82, 2.24) is 10.1 Å². The lowest BCUT2D eigenvalue weighted by Crippen LogP contribution is -2.11. The normalized spacial score (nSPS) is 15.1. The van der Waals surface area contributed by atoms with Crippen molar-refractivity contribution in [2.45, 2.75) is 26.4 Å². The molecule has 30 heavy (non-hydrogen) atoms. The standard InChI is InChI=1S/C22H19N3O4S/c1-3-27-15-5-6-16-20(10-15)30-22(23-16)24-21(26)17-11-19(29-25-17)13-4-7-18-14(9-13)8-12(2)28-18/h4-7,9-12H,3,8H2,1-2H3,(H,23,24,26)/t12-/m0/s1. The molecule has 8 heteroatoms. The molecule has 0 bridgehead atoms. The largest absolute Gasteiger partial charge is 0.494 e. The minimum Gasteiger partial charge on any atom is -0.494 e. The number of carbonyl (C=O) groups excluding carboxylic acids is 1. The van der Waals surface area contributed by atoms with Gasteiger partial charge in [0.15, 0.2) is 16.6 Å². The van der Waals surface area contributed by atoms with Crippen molar-refractivity contribution in [2.75, 3.05) is 11.9 Å². The van der Waals surface area contributed by atoms with Gasteiger partial charge in [-0.15, -0.1) is 0 Å². The zero-order valence-electron chi connectivity index (χ0n) is 16.5. The molecule has 0 spiro atoms. The molecule has 4 aromatic rings. The van der Waals surface area contributed by atoms with Gasteiger partial charge in [-0.3, -0.25) is 10.1 Å². The third kappa shape index (κ3) is 3.50. The van der Waals surface area contributed by atoms with Crippen LogP contribution in [0.2, 0.25) is 0 Å². The second kappa shape index (κ2) is 7.46. The van der Waals surface area contributed by atoms with Gasteiger partial charge in [0.1, 0.15) is 17.6 Å². The quantitative estimate of drug-likeness (QED) is 0.492. The number of nitrogens with zero attached hydrogens (tertiary/aromatic N) is 2. The van der Waals surface area contributed by atoms with Gasteiger partial charge in [0.05, 0.1) is 16.8 Å². The fourth-order valence-electron chi connectivity index (χ4n) is 3.47. The summed E-state index contributed by atoms with van der Waals surface area (Å²) in [5, 5.41) is 7.22. The molecule has 0 radical (unpaired) electrons. The number of hydrogen-bond donors (Lipinski definition) is 1. The van der Waals surface area contributed by atoms with Gasteiger partial charge in [0.2, 0.25) is 0 Å². The lowest BCUT2D eigenvalue weighted by atomic mass is 10.1. The first-order valence-electron chi connectivity index (χ1n) is 9.70. The minimum atomic E-state index is -0.368. The number of nitrogens with one attached hydrogen (secondary N) is 1. The average Bonchev–Trinajstić information content (AvgIpc) is 3.44. The Balaban J connectivity index is 1.33. The Bertz CT molecular complexity index is 1250. The van der Waals surface area contributed by atoms with Crippen LogP contribution >= 0.6 is 11.3 Å². The van der Waals surface area contributed by atoms with E-state index in [0.717, 1.165) is 39.3 Å². The predicted molar refractivity (Wildman–Crippen MR) is 114 cm³/mol. The Hall–Kier alpha value is -3.39. The summed E-state index contributed by atoms with van der Waals surface area (Å²) in [6.07, 6.45) is 1.03. The molecule has 7 nitrogen and oxygen atoms in total. The van der Waals surface area contributed by atoms with Gasteiger partial charge in [-0.25, -0.2) is 4.98 Å². The maximum atomic E-state index is 12.6. The topological polar surface area (TPSA) is 86.5 Å². The molecule has 1 atom stereocenters. The van der Waals surface area contributed by atoms with Crippen molar-refractivity contribution in [3.8, 4) is 22.8 Å². The monoisotopic (exact) mass is 421 g/mol.